The van der Waals surface area contributed by atoms with Gasteiger partial charge in [0.05, 0.1) is 35.9 Å². The molecule has 0 radical (unpaired) electrons. The third-order valence-corrected chi connectivity index (χ3v) is 4.73. The van der Waals surface area contributed by atoms with Crippen molar-refractivity contribution >= 4 is 33.4 Å². The Bertz CT molecular complexity index is 1390. The molecule has 0 aliphatic heterocycles. The summed E-state index contributed by atoms with van der Waals surface area (Å²) in [5, 5.41) is 3.00. The first-order valence-corrected chi connectivity index (χ1v) is 9.09. The van der Waals surface area contributed by atoms with Crippen LogP contribution in [0.4, 0.5) is 10.1 Å². The fraction of sp³-hybridized carbons (Fsp3) is 0.143. The first kappa shape index (κ1) is 19.5. The van der Waals surface area contributed by atoms with Crippen LogP contribution in [0.5, 0.6) is 0 Å². The second-order valence-corrected chi connectivity index (χ2v) is 6.62. The number of aromatic nitrogens is 3. The number of nitrogens with zero attached hydrogens (tertiary/aromatic N) is 2. The predicted molar refractivity (Wildman–Crippen MR) is 110 cm³/mol. The molecular formula is C21H17FN4O4. The van der Waals surface area contributed by atoms with Crippen molar-refractivity contribution in [3.05, 3.63) is 80.9 Å². The maximum Gasteiger partial charge on any atom is 0.261 e. The van der Waals surface area contributed by atoms with Crippen LogP contribution >= 0.6 is 0 Å². The molecular weight excluding hydrogens is 391 g/mol. The van der Waals surface area contributed by atoms with Crippen LogP contribution in [-0.2, 0) is 11.3 Å². The Labute approximate surface area is 168 Å². The number of hydrogen-bond acceptors (Lipinski definition) is 5. The number of pyridine rings is 1. The van der Waals surface area contributed by atoms with E-state index >= 15 is 0 Å². The summed E-state index contributed by atoms with van der Waals surface area (Å²) < 4.78 is 20.2. The molecule has 0 unspecified atom stereocenters. The molecule has 0 aliphatic rings. The number of halogens is 1. The highest BCUT2D eigenvalue weighted by Crippen LogP contribution is 2.16. The molecule has 2 aromatic carbocycles. The monoisotopic (exact) mass is 408 g/mol. The first-order valence-electron chi connectivity index (χ1n) is 9.09. The molecule has 0 fully saturated rings. The van der Waals surface area contributed by atoms with Crippen molar-refractivity contribution < 1.29 is 13.9 Å². The van der Waals surface area contributed by atoms with Crippen molar-refractivity contribution in [3.63, 3.8) is 0 Å². The highest BCUT2D eigenvalue weighted by Gasteiger charge is 2.15. The topological polar surface area (TPSA) is 106 Å². The van der Waals surface area contributed by atoms with Crippen LogP contribution in [0.15, 0.2) is 58.5 Å². The molecule has 0 saturated carbocycles. The minimum absolute atomic E-state index is 0.0347. The number of amides is 1. The smallest absolute Gasteiger partial charge is 0.261 e. The van der Waals surface area contributed by atoms with Gasteiger partial charge in [0.15, 0.2) is 0 Å². The number of carbonyl (C=O) groups excluding carboxylic acids is 1. The van der Waals surface area contributed by atoms with Crippen LogP contribution in [0, 0.1) is 5.82 Å². The molecule has 0 bridgehead atoms. The van der Waals surface area contributed by atoms with Crippen molar-refractivity contribution in [1.29, 1.82) is 0 Å². The molecule has 0 aliphatic carbocycles. The second kappa shape index (κ2) is 7.88. The number of H-pyrrole nitrogens is 1. The lowest BCUT2D eigenvalue weighted by Gasteiger charge is -2.09. The molecule has 0 spiro atoms. The highest BCUT2D eigenvalue weighted by molar-refractivity contribution is 6.06. The second-order valence-electron chi connectivity index (χ2n) is 6.62. The summed E-state index contributed by atoms with van der Waals surface area (Å²) in [5.74, 6) is -1.26. The van der Waals surface area contributed by atoms with Crippen LogP contribution in [-0.4, -0.2) is 34.2 Å². The van der Waals surface area contributed by atoms with Gasteiger partial charge in [-0.05, 0) is 30.3 Å². The van der Waals surface area contributed by atoms with Gasteiger partial charge < -0.3 is 15.0 Å². The Kier molecular flexibility index (Phi) is 5.11. The Morgan fingerprint density at radius 1 is 1.23 bits per heavy atom. The Morgan fingerprint density at radius 2 is 2.07 bits per heavy atom. The lowest BCUT2D eigenvalue weighted by atomic mass is 10.1. The zero-order chi connectivity index (χ0) is 21.3. The van der Waals surface area contributed by atoms with E-state index in [2.05, 4.69) is 15.3 Å². The Morgan fingerprint density at radius 3 is 2.87 bits per heavy atom. The van der Waals surface area contributed by atoms with Crippen molar-refractivity contribution in [2.45, 2.75) is 6.54 Å². The molecule has 2 aromatic heterocycles. The number of rotatable bonds is 5. The molecule has 0 saturated heterocycles. The number of anilines is 1. The summed E-state index contributed by atoms with van der Waals surface area (Å²) in [6, 6.07) is 8.76. The van der Waals surface area contributed by atoms with Gasteiger partial charge in [0.25, 0.3) is 11.5 Å². The van der Waals surface area contributed by atoms with E-state index in [1.54, 1.807) is 12.1 Å². The summed E-state index contributed by atoms with van der Waals surface area (Å²) in [7, 11) is 1.54. The van der Waals surface area contributed by atoms with Gasteiger partial charge >= 0.3 is 0 Å². The van der Waals surface area contributed by atoms with E-state index in [4.69, 9.17) is 4.74 Å². The van der Waals surface area contributed by atoms with Gasteiger partial charge in [-0.25, -0.2) is 9.37 Å². The van der Waals surface area contributed by atoms with Crippen LogP contribution in [0.3, 0.4) is 0 Å². The molecule has 2 N–H and O–H groups in total. The maximum atomic E-state index is 13.8. The summed E-state index contributed by atoms with van der Waals surface area (Å²) >= 11 is 0. The number of nitrogens with one attached hydrogen (secondary N) is 2. The van der Waals surface area contributed by atoms with E-state index in [9.17, 15) is 18.8 Å². The van der Waals surface area contributed by atoms with Crippen molar-refractivity contribution in [1.82, 2.24) is 14.5 Å². The maximum absolute atomic E-state index is 13.8. The van der Waals surface area contributed by atoms with Crippen molar-refractivity contribution in [2.75, 3.05) is 19.0 Å². The van der Waals surface area contributed by atoms with Gasteiger partial charge in [0.1, 0.15) is 11.4 Å². The number of fused-ring (bicyclic) bond motifs is 2. The fourth-order valence-corrected chi connectivity index (χ4v) is 3.17. The Hall–Kier alpha value is -3.85. The predicted octanol–water partition coefficient (Wildman–Crippen LogP) is 2.28. The molecule has 4 rings (SSSR count). The normalized spacial score (nSPS) is 11.1. The number of hydrogen-bond donors (Lipinski definition) is 2. The minimum Gasteiger partial charge on any atom is -0.383 e. The Balaban J connectivity index is 1.69. The van der Waals surface area contributed by atoms with Gasteiger partial charge in [-0.2, -0.15) is 0 Å². The number of carbonyl (C=O) groups is 1. The average molecular weight is 408 g/mol. The zero-order valence-corrected chi connectivity index (χ0v) is 15.9. The molecule has 4 aromatic rings. The quantitative estimate of drug-likeness (QED) is 0.527. The fourth-order valence-electron chi connectivity index (χ4n) is 3.17. The van der Waals surface area contributed by atoms with Gasteiger partial charge in [0.2, 0.25) is 5.43 Å². The highest BCUT2D eigenvalue weighted by atomic mass is 19.1. The van der Waals surface area contributed by atoms with E-state index in [1.165, 1.54) is 48.5 Å². The zero-order valence-electron chi connectivity index (χ0n) is 15.9. The summed E-state index contributed by atoms with van der Waals surface area (Å²) in [6.45, 7) is 0.701. The van der Waals surface area contributed by atoms with Gasteiger partial charge in [-0.1, -0.05) is 6.07 Å². The third kappa shape index (κ3) is 3.46. The third-order valence-electron chi connectivity index (χ3n) is 4.73. The standard InChI is InChI=1S/C21H17FN4O4/c1-30-8-7-26-11-24-17-6-5-12(9-14(17)21(26)29)25-20(28)15-10-23-18-13(19(15)27)3-2-4-16(18)22/h2-6,9-11H,7-8H2,1H3,(H,23,27)(H,25,28). The van der Waals surface area contributed by atoms with Gasteiger partial charge in [-0.3, -0.25) is 19.0 Å². The lowest BCUT2D eigenvalue weighted by molar-refractivity contribution is 0.102. The molecule has 8 nitrogen and oxygen atoms in total. The largest absolute Gasteiger partial charge is 0.383 e. The van der Waals surface area contributed by atoms with E-state index in [0.717, 1.165) is 0 Å². The van der Waals surface area contributed by atoms with Crippen LogP contribution in [0.25, 0.3) is 21.8 Å². The number of aromatic amines is 1. The molecule has 1 amide bonds. The SMILES string of the molecule is COCCn1cnc2ccc(NC(=O)c3c[nH]c4c(F)cccc4c3=O)cc2c1=O. The lowest BCUT2D eigenvalue weighted by Crippen LogP contribution is -2.24. The van der Waals surface area contributed by atoms with Crippen molar-refractivity contribution in [2.24, 2.45) is 0 Å². The van der Waals surface area contributed by atoms with E-state index in [0.29, 0.717) is 29.7 Å². The summed E-state index contributed by atoms with van der Waals surface area (Å²) in [5.41, 5.74) is -0.193. The van der Waals surface area contributed by atoms with E-state index in [1.807, 2.05) is 0 Å². The molecule has 9 heteroatoms. The molecule has 0 atom stereocenters. The van der Waals surface area contributed by atoms with Crippen LogP contribution < -0.4 is 16.3 Å². The van der Waals surface area contributed by atoms with E-state index < -0.39 is 17.2 Å². The van der Waals surface area contributed by atoms with Gasteiger partial charge in [-0.15, -0.1) is 0 Å². The first-order chi connectivity index (χ1) is 14.5. The van der Waals surface area contributed by atoms with Crippen LogP contribution in [0.1, 0.15) is 10.4 Å². The van der Waals surface area contributed by atoms with Crippen molar-refractivity contribution in [3.8, 4) is 0 Å². The minimum atomic E-state index is -0.676. The number of methoxy groups -OCH3 is 1. The number of ether oxygens (including phenoxy) is 1. The van der Waals surface area contributed by atoms with E-state index in [-0.39, 0.29) is 22.0 Å². The summed E-state index contributed by atoms with van der Waals surface area (Å²) in [4.78, 5) is 44.8. The average Bonchev–Trinajstić information content (AvgIpc) is 2.74. The number of para-hydroxylation sites is 1. The number of benzene rings is 2. The molecule has 30 heavy (non-hydrogen) atoms. The summed E-state index contributed by atoms with van der Waals surface area (Å²) in [6.07, 6.45) is 2.61. The molecule has 2 heterocycles. The molecule has 152 valence electrons. The van der Waals surface area contributed by atoms with Crippen LogP contribution in [0.2, 0.25) is 0 Å². The van der Waals surface area contributed by atoms with Gasteiger partial charge in [0, 0.05) is 24.4 Å².